The first-order chi connectivity index (χ1) is 23.8. The second kappa shape index (κ2) is 12.7. The molecular formula is C36H39N9O4. The standard InChI is InChI=1S/C36H39N9O4/c1-42-11-13-43(14-12-42)25-5-7-29-30(18-25)38-20-31(40-29)23-19-39-44(21-23)26-15-22(16-26)3-2-10-37-24-4-6-27-28(17-24)36(49)45(35(27)48)32-8-9-33(46)41-34(32)47/h4-7,17-22,26,32,37H,2-3,8-16H2,1H3,(H,41,46,47)/t22-,26+,32?. The van der Waals surface area contributed by atoms with Crippen LogP contribution in [-0.4, -0.2) is 99.0 Å². The Kier molecular flexibility index (Phi) is 8.06. The van der Waals surface area contributed by atoms with Gasteiger partial charge >= 0.3 is 0 Å². The van der Waals surface area contributed by atoms with Gasteiger partial charge in [0.15, 0.2) is 0 Å². The molecule has 1 aliphatic carbocycles. The fourth-order valence-electron chi connectivity index (χ4n) is 7.43. The topological polar surface area (TPSA) is 146 Å². The number of amides is 4. The lowest BCUT2D eigenvalue weighted by Gasteiger charge is -2.35. The molecule has 0 spiro atoms. The van der Waals surface area contributed by atoms with Crippen molar-refractivity contribution in [3.63, 3.8) is 0 Å². The Labute approximate surface area is 283 Å². The lowest BCUT2D eigenvalue weighted by molar-refractivity contribution is -0.136. The number of anilines is 2. The van der Waals surface area contributed by atoms with Gasteiger partial charge in [0, 0.05) is 62.3 Å². The number of likely N-dealkylation sites (N-methyl/N-ethyl adjacent to an activating group) is 1. The number of piperidine rings is 1. The number of fused-ring (bicyclic) bond motifs is 2. The molecule has 1 saturated carbocycles. The Balaban J connectivity index is 0.807. The summed E-state index contributed by atoms with van der Waals surface area (Å²) in [5, 5.41) is 10.3. The van der Waals surface area contributed by atoms with Crippen LogP contribution in [0.2, 0.25) is 0 Å². The number of piperazine rings is 1. The highest BCUT2D eigenvalue weighted by molar-refractivity contribution is 6.23. The van der Waals surface area contributed by atoms with Crippen molar-refractivity contribution in [2.75, 3.05) is 50.0 Å². The van der Waals surface area contributed by atoms with E-state index in [9.17, 15) is 19.2 Å². The van der Waals surface area contributed by atoms with Gasteiger partial charge in [-0.1, -0.05) is 0 Å². The molecule has 3 fully saturated rings. The first kappa shape index (κ1) is 31.1. The molecule has 0 bridgehead atoms. The van der Waals surface area contributed by atoms with Gasteiger partial charge in [0.1, 0.15) is 6.04 Å². The number of nitrogens with zero attached hydrogens (tertiary/aromatic N) is 7. The van der Waals surface area contributed by atoms with Crippen LogP contribution < -0.4 is 15.5 Å². The summed E-state index contributed by atoms with van der Waals surface area (Å²) in [7, 11) is 2.16. The zero-order valence-electron chi connectivity index (χ0n) is 27.5. The highest BCUT2D eigenvalue weighted by Crippen LogP contribution is 2.40. The van der Waals surface area contributed by atoms with E-state index in [0.29, 0.717) is 12.0 Å². The minimum atomic E-state index is -0.963. The van der Waals surface area contributed by atoms with Gasteiger partial charge in [-0.3, -0.25) is 39.1 Å². The second-order valence-corrected chi connectivity index (χ2v) is 13.7. The van der Waals surface area contributed by atoms with E-state index in [1.165, 1.54) is 5.69 Å². The molecule has 13 heteroatoms. The van der Waals surface area contributed by atoms with E-state index in [-0.39, 0.29) is 29.9 Å². The maximum absolute atomic E-state index is 13.1. The first-order valence-corrected chi connectivity index (χ1v) is 17.1. The maximum atomic E-state index is 13.1. The Hall–Kier alpha value is -5.17. The molecule has 2 aromatic carbocycles. The van der Waals surface area contributed by atoms with Crippen molar-refractivity contribution in [2.45, 2.75) is 50.6 Å². The quantitative estimate of drug-likeness (QED) is 0.202. The molecule has 2 N–H and O–H groups in total. The van der Waals surface area contributed by atoms with Crippen LogP contribution in [0.1, 0.15) is 65.3 Å². The maximum Gasteiger partial charge on any atom is 0.262 e. The monoisotopic (exact) mass is 661 g/mol. The number of hydrogen-bond donors (Lipinski definition) is 2. The van der Waals surface area contributed by atoms with E-state index in [0.717, 1.165) is 91.3 Å². The lowest BCUT2D eigenvalue weighted by atomic mass is 9.77. The Bertz CT molecular complexity index is 1960. The SMILES string of the molecule is CN1CCN(c2ccc3nc(-c4cnn([C@H]5C[C@@H](CCCNc6ccc7c(c6)C(=O)N(C6CCC(=O)NC6=O)C7=O)C5)c4)cnc3c2)CC1. The highest BCUT2D eigenvalue weighted by atomic mass is 16.2. The van der Waals surface area contributed by atoms with Crippen LogP contribution in [0.4, 0.5) is 11.4 Å². The fraction of sp³-hybridized carbons (Fsp3) is 0.417. The number of imide groups is 2. The summed E-state index contributed by atoms with van der Waals surface area (Å²) < 4.78 is 2.06. The summed E-state index contributed by atoms with van der Waals surface area (Å²) in [6.45, 7) is 4.90. The average Bonchev–Trinajstić information content (AvgIpc) is 3.66. The Morgan fingerprint density at radius 1 is 0.918 bits per heavy atom. The molecule has 49 heavy (non-hydrogen) atoms. The molecule has 0 radical (unpaired) electrons. The third-order valence-corrected chi connectivity index (χ3v) is 10.4. The molecule has 252 valence electrons. The van der Waals surface area contributed by atoms with Crippen molar-refractivity contribution in [3.05, 3.63) is 66.1 Å². The lowest BCUT2D eigenvalue weighted by Crippen LogP contribution is -2.54. The van der Waals surface area contributed by atoms with Crippen molar-refractivity contribution in [3.8, 4) is 11.3 Å². The molecule has 13 nitrogen and oxygen atoms in total. The number of hydrogen-bond acceptors (Lipinski definition) is 10. The van der Waals surface area contributed by atoms with E-state index in [4.69, 9.17) is 9.97 Å². The Morgan fingerprint density at radius 3 is 2.55 bits per heavy atom. The number of nitrogens with one attached hydrogen (secondary N) is 2. The van der Waals surface area contributed by atoms with Crippen LogP contribution in [0.3, 0.4) is 0 Å². The van der Waals surface area contributed by atoms with Crippen molar-refractivity contribution >= 4 is 46.0 Å². The molecule has 1 atom stereocenters. The third kappa shape index (κ3) is 6.03. The summed E-state index contributed by atoms with van der Waals surface area (Å²) in [5.41, 5.74) is 6.11. The molecule has 2 aromatic heterocycles. The van der Waals surface area contributed by atoms with E-state index < -0.39 is 23.8 Å². The molecular weight excluding hydrogens is 622 g/mol. The number of carbonyl (C=O) groups is 4. The van der Waals surface area contributed by atoms with Crippen LogP contribution >= 0.6 is 0 Å². The third-order valence-electron chi connectivity index (χ3n) is 10.4. The molecule has 1 unspecified atom stereocenters. The molecule has 3 aliphatic heterocycles. The molecule has 4 aromatic rings. The average molecular weight is 662 g/mol. The normalized spacial score (nSPS) is 22.8. The Morgan fingerprint density at radius 2 is 1.73 bits per heavy atom. The van der Waals surface area contributed by atoms with Crippen molar-refractivity contribution < 1.29 is 19.2 Å². The molecule has 5 heterocycles. The van der Waals surface area contributed by atoms with E-state index in [1.807, 2.05) is 12.4 Å². The van der Waals surface area contributed by atoms with Crippen LogP contribution in [0, 0.1) is 5.92 Å². The summed E-state index contributed by atoms with van der Waals surface area (Å²) in [4.78, 5) is 65.3. The predicted octanol–water partition coefficient (Wildman–Crippen LogP) is 3.49. The predicted molar refractivity (Wildman–Crippen MR) is 183 cm³/mol. The zero-order valence-corrected chi connectivity index (χ0v) is 27.5. The van der Waals surface area contributed by atoms with E-state index in [2.05, 4.69) is 61.7 Å². The number of aromatic nitrogens is 4. The van der Waals surface area contributed by atoms with Crippen LogP contribution in [0.15, 0.2) is 55.0 Å². The molecule has 2 saturated heterocycles. The smallest absolute Gasteiger partial charge is 0.262 e. The summed E-state index contributed by atoms with van der Waals surface area (Å²) in [6, 6.07) is 10.9. The number of rotatable bonds is 9. The van der Waals surface area contributed by atoms with Crippen LogP contribution in [0.5, 0.6) is 0 Å². The van der Waals surface area contributed by atoms with Gasteiger partial charge in [0.05, 0.1) is 46.3 Å². The van der Waals surface area contributed by atoms with Crippen molar-refractivity contribution in [1.82, 2.24) is 34.9 Å². The largest absolute Gasteiger partial charge is 0.385 e. The van der Waals surface area contributed by atoms with E-state index in [1.54, 1.807) is 18.2 Å². The summed E-state index contributed by atoms with van der Waals surface area (Å²) >= 11 is 0. The molecule has 4 aliphatic rings. The van der Waals surface area contributed by atoms with Gasteiger partial charge in [-0.25, -0.2) is 4.98 Å². The van der Waals surface area contributed by atoms with Gasteiger partial charge in [-0.15, -0.1) is 0 Å². The van der Waals surface area contributed by atoms with Crippen molar-refractivity contribution in [2.24, 2.45) is 5.92 Å². The second-order valence-electron chi connectivity index (χ2n) is 13.7. The minimum absolute atomic E-state index is 0.0976. The zero-order chi connectivity index (χ0) is 33.6. The summed E-state index contributed by atoms with van der Waals surface area (Å²) in [6.07, 6.45) is 10.2. The summed E-state index contributed by atoms with van der Waals surface area (Å²) in [5.74, 6) is -1.37. The first-order valence-electron chi connectivity index (χ1n) is 17.1. The minimum Gasteiger partial charge on any atom is -0.385 e. The number of benzene rings is 2. The van der Waals surface area contributed by atoms with Crippen LogP contribution in [-0.2, 0) is 9.59 Å². The fourth-order valence-corrected chi connectivity index (χ4v) is 7.43. The molecule has 4 amide bonds. The van der Waals surface area contributed by atoms with Crippen molar-refractivity contribution in [1.29, 1.82) is 0 Å². The van der Waals surface area contributed by atoms with Crippen LogP contribution in [0.25, 0.3) is 22.3 Å². The van der Waals surface area contributed by atoms with E-state index >= 15 is 0 Å². The van der Waals surface area contributed by atoms with Gasteiger partial charge in [-0.05, 0) is 81.5 Å². The van der Waals surface area contributed by atoms with Gasteiger partial charge in [0.25, 0.3) is 11.8 Å². The number of carbonyl (C=O) groups excluding carboxylic acids is 4. The van der Waals surface area contributed by atoms with Gasteiger partial charge < -0.3 is 15.1 Å². The molecule has 8 rings (SSSR count). The van der Waals surface area contributed by atoms with Gasteiger partial charge in [-0.2, -0.15) is 5.10 Å². The van der Waals surface area contributed by atoms with Gasteiger partial charge in [0.2, 0.25) is 11.8 Å². The highest BCUT2D eigenvalue weighted by Gasteiger charge is 2.44.